The Morgan fingerprint density at radius 3 is 2.03 bits per heavy atom. The number of nitrogens with two attached hydrogens (primary N) is 1. The Balaban J connectivity index is 1.83. The number of anilines is 2. The van der Waals surface area contributed by atoms with Crippen molar-refractivity contribution in [3.8, 4) is 0 Å². The molecular weight excluding hydrogens is 352 g/mol. The molecule has 0 aromatic heterocycles. The van der Waals surface area contributed by atoms with Crippen molar-refractivity contribution in [1.29, 1.82) is 0 Å². The number of nitrogens with zero attached hydrogens (tertiary/aromatic N) is 1. The number of allylic oxidation sites excluding steroid dienone is 5. The van der Waals surface area contributed by atoms with E-state index in [1.165, 1.54) is 22.2 Å². The summed E-state index contributed by atoms with van der Waals surface area (Å²) in [5, 5.41) is 4.66. The lowest BCUT2D eigenvalue weighted by Gasteiger charge is -2.36. The highest BCUT2D eigenvalue weighted by Gasteiger charge is 2.25. The van der Waals surface area contributed by atoms with Crippen molar-refractivity contribution in [2.75, 3.05) is 10.6 Å². The minimum Gasteiger partial charge on any atom is -0.398 e. The molecule has 0 radical (unpaired) electrons. The second-order valence-electron chi connectivity index (χ2n) is 8.04. The van der Waals surface area contributed by atoms with Gasteiger partial charge in [-0.15, -0.1) is 0 Å². The van der Waals surface area contributed by atoms with Gasteiger partial charge in [0, 0.05) is 32.9 Å². The lowest BCUT2D eigenvalue weighted by Crippen LogP contribution is -2.34. The molecule has 2 heteroatoms. The summed E-state index contributed by atoms with van der Waals surface area (Å²) < 4.78 is 0. The molecule has 0 spiro atoms. The minimum absolute atomic E-state index is 0.278. The molecule has 2 unspecified atom stereocenters. The Labute approximate surface area is 172 Å². The van der Waals surface area contributed by atoms with Crippen LogP contribution in [0.1, 0.15) is 19.8 Å². The summed E-state index contributed by atoms with van der Waals surface area (Å²) >= 11 is 0. The number of fused-ring (bicyclic) bond motifs is 2. The molecule has 0 bridgehead atoms. The van der Waals surface area contributed by atoms with E-state index in [1.54, 1.807) is 0 Å². The summed E-state index contributed by atoms with van der Waals surface area (Å²) in [5.41, 5.74) is 10.0. The van der Waals surface area contributed by atoms with E-state index in [1.807, 2.05) is 0 Å². The molecule has 29 heavy (non-hydrogen) atoms. The highest BCUT2D eigenvalue weighted by molar-refractivity contribution is 6.19. The third-order valence-electron chi connectivity index (χ3n) is 6.05. The van der Waals surface area contributed by atoms with Gasteiger partial charge < -0.3 is 10.6 Å². The average Bonchev–Trinajstić information content (AvgIpc) is 2.78. The summed E-state index contributed by atoms with van der Waals surface area (Å²) in [6.07, 6.45) is 17.9. The molecule has 2 N–H and O–H groups in total. The highest BCUT2D eigenvalue weighted by atomic mass is 15.2. The Kier molecular flexibility index (Phi) is 4.48. The van der Waals surface area contributed by atoms with Crippen LogP contribution < -0.4 is 10.6 Å². The van der Waals surface area contributed by atoms with Gasteiger partial charge in [0.15, 0.2) is 0 Å². The molecule has 2 nitrogen and oxygen atoms in total. The summed E-state index contributed by atoms with van der Waals surface area (Å²) in [5.74, 6) is 0.585. The highest BCUT2D eigenvalue weighted by Crippen LogP contribution is 2.43. The number of nitrogen functional groups attached to an aromatic ring is 1. The lowest BCUT2D eigenvalue weighted by atomic mass is 9.94. The zero-order chi connectivity index (χ0) is 19.8. The molecule has 0 saturated heterocycles. The molecule has 0 fully saturated rings. The summed E-state index contributed by atoms with van der Waals surface area (Å²) in [4.78, 5) is 2.52. The van der Waals surface area contributed by atoms with Crippen LogP contribution in [0.25, 0.3) is 21.5 Å². The minimum atomic E-state index is 0.278. The van der Waals surface area contributed by atoms with Crippen LogP contribution in [0.3, 0.4) is 0 Å². The summed E-state index contributed by atoms with van der Waals surface area (Å²) in [6.45, 7) is 2.27. The first kappa shape index (κ1) is 17.8. The lowest BCUT2D eigenvalue weighted by molar-refractivity contribution is 0.706. The molecule has 2 aliphatic rings. The van der Waals surface area contributed by atoms with Gasteiger partial charge in [-0.25, -0.2) is 0 Å². The van der Waals surface area contributed by atoms with Gasteiger partial charge in [0.1, 0.15) is 0 Å². The third kappa shape index (κ3) is 3.05. The van der Waals surface area contributed by atoms with Crippen molar-refractivity contribution in [2.24, 2.45) is 5.92 Å². The molecule has 0 amide bonds. The predicted octanol–water partition coefficient (Wildman–Crippen LogP) is 6.75. The van der Waals surface area contributed by atoms with Gasteiger partial charge >= 0.3 is 0 Å². The Morgan fingerprint density at radius 2 is 1.48 bits per heavy atom. The molecule has 2 aliphatic carbocycles. The number of hydrogen-bond donors (Lipinski definition) is 1. The van der Waals surface area contributed by atoms with E-state index in [9.17, 15) is 0 Å². The molecule has 144 valence electrons. The van der Waals surface area contributed by atoms with E-state index in [0.29, 0.717) is 5.92 Å². The number of hydrogen-bond acceptors (Lipinski definition) is 2. The zero-order valence-corrected chi connectivity index (χ0v) is 16.8. The standard InChI is InChI=1S/C27H26N2/c1-19-15-17-21(18-16-19)29(20-9-3-2-4-10-20)27-24-13-7-5-11-22(24)26(28)23-12-6-8-14-25(23)27/h2-9,11-15,17-20H,10,16,28H2,1H3. The van der Waals surface area contributed by atoms with Gasteiger partial charge in [-0.05, 0) is 24.8 Å². The van der Waals surface area contributed by atoms with Crippen molar-refractivity contribution < 1.29 is 0 Å². The predicted molar refractivity (Wildman–Crippen MR) is 126 cm³/mol. The smallest absolute Gasteiger partial charge is 0.0577 e. The van der Waals surface area contributed by atoms with Gasteiger partial charge in [0.2, 0.25) is 0 Å². The van der Waals surface area contributed by atoms with E-state index < -0.39 is 0 Å². The van der Waals surface area contributed by atoms with E-state index in [4.69, 9.17) is 5.73 Å². The summed E-state index contributed by atoms with van der Waals surface area (Å²) in [7, 11) is 0. The van der Waals surface area contributed by atoms with Crippen molar-refractivity contribution in [1.82, 2.24) is 0 Å². The molecule has 3 aromatic carbocycles. The molecule has 5 rings (SSSR count). The van der Waals surface area contributed by atoms with E-state index in [2.05, 4.69) is 103 Å². The third-order valence-corrected chi connectivity index (χ3v) is 6.05. The topological polar surface area (TPSA) is 29.3 Å². The van der Waals surface area contributed by atoms with Crippen LogP contribution in [0.15, 0.2) is 96.8 Å². The van der Waals surface area contributed by atoms with Crippen LogP contribution in [-0.4, -0.2) is 6.04 Å². The second-order valence-corrected chi connectivity index (χ2v) is 8.04. The molecule has 0 aliphatic heterocycles. The second kappa shape index (κ2) is 7.29. The first-order valence-electron chi connectivity index (χ1n) is 10.4. The zero-order valence-electron chi connectivity index (χ0n) is 16.8. The largest absolute Gasteiger partial charge is 0.398 e. The molecule has 2 atom stereocenters. The van der Waals surface area contributed by atoms with Crippen LogP contribution in [0.2, 0.25) is 0 Å². The Hall–Kier alpha value is -3.26. The van der Waals surface area contributed by atoms with Crippen LogP contribution in [0.4, 0.5) is 11.4 Å². The molecular formula is C27H26N2. The van der Waals surface area contributed by atoms with Gasteiger partial charge in [-0.1, -0.05) is 91.9 Å². The van der Waals surface area contributed by atoms with Crippen LogP contribution in [0, 0.1) is 5.92 Å². The van der Waals surface area contributed by atoms with Gasteiger partial charge in [-0.2, -0.15) is 0 Å². The van der Waals surface area contributed by atoms with Gasteiger partial charge in [0.05, 0.1) is 11.7 Å². The number of rotatable bonds is 3. The fourth-order valence-corrected chi connectivity index (χ4v) is 4.54. The Morgan fingerprint density at radius 1 is 0.828 bits per heavy atom. The van der Waals surface area contributed by atoms with E-state index in [-0.39, 0.29) is 6.04 Å². The first-order valence-corrected chi connectivity index (χ1v) is 10.4. The average molecular weight is 379 g/mol. The monoisotopic (exact) mass is 378 g/mol. The Bertz CT molecular complexity index is 1140. The summed E-state index contributed by atoms with van der Waals surface area (Å²) in [6, 6.07) is 17.4. The van der Waals surface area contributed by atoms with Crippen molar-refractivity contribution in [2.45, 2.75) is 25.8 Å². The van der Waals surface area contributed by atoms with Crippen LogP contribution in [-0.2, 0) is 0 Å². The van der Waals surface area contributed by atoms with Gasteiger partial charge in [-0.3, -0.25) is 0 Å². The maximum atomic E-state index is 6.63. The molecule has 0 heterocycles. The fraction of sp³-hybridized carbons (Fsp3) is 0.185. The van der Waals surface area contributed by atoms with Crippen LogP contribution >= 0.6 is 0 Å². The van der Waals surface area contributed by atoms with E-state index in [0.717, 1.165) is 29.3 Å². The van der Waals surface area contributed by atoms with Gasteiger partial charge in [0.25, 0.3) is 0 Å². The molecule has 0 saturated carbocycles. The van der Waals surface area contributed by atoms with E-state index >= 15 is 0 Å². The first-order chi connectivity index (χ1) is 14.2. The normalized spacial score (nSPS) is 20.9. The number of benzene rings is 3. The fourth-order valence-electron chi connectivity index (χ4n) is 4.54. The van der Waals surface area contributed by atoms with Crippen LogP contribution in [0.5, 0.6) is 0 Å². The SMILES string of the molecule is CC1C=CC(N(c2c3ccccc3c(N)c3ccccc23)C2C=CC=CC2)=CC1. The quantitative estimate of drug-likeness (QED) is 0.310. The maximum Gasteiger partial charge on any atom is 0.0577 e. The van der Waals surface area contributed by atoms with Crippen molar-refractivity contribution >= 4 is 32.9 Å². The van der Waals surface area contributed by atoms with Crippen molar-refractivity contribution in [3.63, 3.8) is 0 Å². The van der Waals surface area contributed by atoms with Crippen molar-refractivity contribution in [3.05, 3.63) is 96.8 Å². The maximum absolute atomic E-state index is 6.63. The molecule has 3 aromatic rings.